The summed E-state index contributed by atoms with van der Waals surface area (Å²) in [4.78, 5) is 11.9. The average Bonchev–Trinajstić information content (AvgIpc) is 3.30. The van der Waals surface area contributed by atoms with Crippen LogP contribution in [0.1, 0.15) is 56.0 Å². The van der Waals surface area contributed by atoms with Crippen LogP contribution in [0.4, 0.5) is 4.79 Å². The van der Waals surface area contributed by atoms with E-state index in [0.717, 1.165) is 34.1 Å². The maximum atomic E-state index is 11.9. The van der Waals surface area contributed by atoms with Crippen molar-refractivity contribution in [1.29, 1.82) is 0 Å². The number of thioether (sulfide) groups is 1. The highest BCUT2D eigenvalue weighted by molar-refractivity contribution is 8.00. The van der Waals surface area contributed by atoms with Gasteiger partial charge in [-0.1, -0.05) is 19.9 Å². The fraction of sp³-hybridized carbons (Fsp3) is 0.630. The van der Waals surface area contributed by atoms with Gasteiger partial charge in [-0.05, 0) is 49.9 Å². The molecule has 3 rings (SSSR count). The minimum absolute atomic E-state index is 0.108. The van der Waals surface area contributed by atoms with E-state index >= 15 is 0 Å². The molecule has 1 fully saturated rings. The molecule has 0 radical (unpaired) electrons. The average molecular weight is 583 g/mol. The number of benzene rings is 1. The van der Waals surface area contributed by atoms with Crippen molar-refractivity contribution in [2.45, 2.75) is 81.5 Å². The van der Waals surface area contributed by atoms with Crippen LogP contribution in [0.25, 0.3) is 0 Å². The predicted molar refractivity (Wildman–Crippen MR) is 151 cm³/mol. The van der Waals surface area contributed by atoms with E-state index in [4.69, 9.17) is 9.47 Å². The predicted octanol–water partition coefficient (Wildman–Crippen LogP) is 0.777. The Labute approximate surface area is 238 Å². The Kier molecular flexibility index (Phi) is 11.1. The lowest BCUT2D eigenvalue weighted by Crippen LogP contribution is -2.55. The molecule has 2 amide bonds. The number of H-pyrrole nitrogens is 1. The number of rotatable bonds is 12. The number of carbonyl (C=O) groups is 1. The SMILES string of the molecule is Cc1cc(OCCNC(=O)NC(C)(C)CO)ccc1Cc1c(O[C@@H]2S[C@H](CO)[C@@H](O)C(O)[C@H]2O)n[nH]c1C(C)C. The number of aryl methyl sites for hydroxylation is 1. The Balaban J connectivity index is 1.66. The number of hydrogen-bond acceptors (Lipinski definition) is 10. The number of hydrogen-bond donors (Lipinski definition) is 8. The van der Waals surface area contributed by atoms with Crippen LogP contribution in [-0.2, 0) is 6.42 Å². The minimum atomic E-state index is -1.46. The van der Waals surface area contributed by atoms with Gasteiger partial charge in [0.15, 0.2) is 5.44 Å². The molecule has 0 aliphatic carbocycles. The van der Waals surface area contributed by atoms with Gasteiger partial charge in [0.25, 0.3) is 0 Å². The molecule has 2 heterocycles. The lowest BCUT2D eigenvalue weighted by Gasteiger charge is -2.38. The zero-order chi connectivity index (χ0) is 29.6. The van der Waals surface area contributed by atoms with Crippen LogP contribution in [0, 0.1) is 6.92 Å². The summed E-state index contributed by atoms with van der Waals surface area (Å²) in [6.07, 6.45) is -3.61. The van der Waals surface area contributed by atoms with E-state index in [1.807, 2.05) is 39.0 Å². The molecular formula is C27H42N4O8S. The van der Waals surface area contributed by atoms with E-state index in [1.165, 1.54) is 0 Å². The molecule has 12 nitrogen and oxygen atoms in total. The summed E-state index contributed by atoms with van der Waals surface area (Å²) in [5.41, 5.74) is 2.01. The highest BCUT2D eigenvalue weighted by atomic mass is 32.2. The summed E-state index contributed by atoms with van der Waals surface area (Å²) in [5, 5.41) is 61.7. The van der Waals surface area contributed by atoms with Crippen molar-refractivity contribution in [3.05, 3.63) is 40.6 Å². The van der Waals surface area contributed by atoms with Crippen molar-refractivity contribution in [3.63, 3.8) is 0 Å². The van der Waals surface area contributed by atoms with Gasteiger partial charge in [-0.3, -0.25) is 5.10 Å². The standard InChI is InChI=1S/C27H42N4O8S/c1-14(2)20-18(24(31-30-20)39-25-23(36)22(35)21(34)19(12-32)40-25)11-16-6-7-17(10-15(16)3)38-9-8-28-26(37)29-27(4,5)13-33/h6-7,10,14,19,21-23,25,32-36H,8-9,11-13H2,1-5H3,(H,30,31)(H2,28,29,37)/t19-,21-,22?,23-,25-/m1/s1. The zero-order valence-electron chi connectivity index (χ0n) is 23.5. The maximum Gasteiger partial charge on any atom is 0.315 e. The van der Waals surface area contributed by atoms with Crippen molar-refractivity contribution < 1.29 is 39.8 Å². The van der Waals surface area contributed by atoms with Crippen LogP contribution in [0.3, 0.4) is 0 Å². The lowest BCUT2D eigenvalue weighted by atomic mass is 9.97. The van der Waals surface area contributed by atoms with Crippen molar-refractivity contribution in [2.24, 2.45) is 0 Å². The van der Waals surface area contributed by atoms with Crippen molar-refractivity contribution >= 4 is 17.8 Å². The second-order valence-electron chi connectivity index (χ2n) is 10.9. The molecule has 0 spiro atoms. The normalized spacial score (nSPS) is 23.2. The first-order chi connectivity index (χ1) is 18.9. The number of ether oxygens (including phenoxy) is 2. The third kappa shape index (κ3) is 8.02. The number of aromatic amines is 1. The molecule has 8 N–H and O–H groups in total. The molecule has 1 aromatic heterocycles. The summed E-state index contributed by atoms with van der Waals surface area (Å²) in [6.45, 7) is 9.45. The molecule has 5 atom stereocenters. The summed E-state index contributed by atoms with van der Waals surface area (Å²) in [5.74, 6) is 1.04. The third-order valence-electron chi connectivity index (χ3n) is 6.70. The molecule has 40 heavy (non-hydrogen) atoms. The zero-order valence-corrected chi connectivity index (χ0v) is 24.4. The Morgan fingerprint density at radius 1 is 1.18 bits per heavy atom. The largest absolute Gasteiger partial charge is 0.492 e. The van der Waals surface area contributed by atoms with E-state index in [9.17, 15) is 30.3 Å². The van der Waals surface area contributed by atoms with Gasteiger partial charge in [-0.25, -0.2) is 4.79 Å². The van der Waals surface area contributed by atoms with Gasteiger partial charge in [-0.15, -0.1) is 16.9 Å². The van der Waals surface area contributed by atoms with E-state index in [1.54, 1.807) is 13.8 Å². The molecule has 1 aliphatic rings. The molecule has 224 valence electrons. The van der Waals surface area contributed by atoms with Crippen LogP contribution < -0.4 is 20.1 Å². The van der Waals surface area contributed by atoms with E-state index in [-0.39, 0.29) is 44.2 Å². The summed E-state index contributed by atoms with van der Waals surface area (Å²) in [6, 6.07) is 5.31. The van der Waals surface area contributed by atoms with Gasteiger partial charge in [0, 0.05) is 17.7 Å². The van der Waals surface area contributed by atoms with Crippen LogP contribution >= 0.6 is 11.8 Å². The minimum Gasteiger partial charge on any atom is -0.492 e. The molecule has 1 saturated heterocycles. The second kappa shape index (κ2) is 13.9. The van der Waals surface area contributed by atoms with Crippen LogP contribution in [0.2, 0.25) is 0 Å². The van der Waals surface area contributed by atoms with E-state index < -0.39 is 34.5 Å². The quantitative estimate of drug-likeness (QED) is 0.166. The number of amides is 2. The van der Waals surface area contributed by atoms with Gasteiger partial charge < -0.3 is 45.6 Å². The van der Waals surface area contributed by atoms with Gasteiger partial charge in [0.1, 0.15) is 24.6 Å². The Bertz CT molecular complexity index is 1130. The maximum absolute atomic E-state index is 11.9. The highest BCUT2D eigenvalue weighted by Crippen LogP contribution is 2.37. The first-order valence-electron chi connectivity index (χ1n) is 13.3. The van der Waals surface area contributed by atoms with Crippen LogP contribution in [-0.4, -0.2) is 103 Å². The lowest BCUT2D eigenvalue weighted by molar-refractivity contribution is -0.0915. The first-order valence-corrected chi connectivity index (χ1v) is 14.2. The number of urea groups is 1. The van der Waals surface area contributed by atoms with E-state index in [2.05, 4.69) is 20.8 Å². The molecule has 1 unspecified atom stereocenters. The Morgan fingerprint density at radius 3 is 2.52 bits per heavy atom. The molecule has 1 aliphatic heterocycles. The Hall–Kier alpha value is -2.55. The molecular weight excluding hydrogens is 540 g/mol. The molecule has 2 aromatic rings. The topological polar surface area (TPSA) is 189 Å². The monoisotopic (exact) mass is 582 g/mol. The van der Waals surface area contributed by atoms with Crippen LogP contribution in [0.5, 0.6) is 11.6 Å². The number of aliphatic hydroxyl groups is 5. The number of aliphatic hydroxyl groups excluding tert-OH is 5. The van der Waals surface area contributed by atoms with E-state index in [0.29, 0.717) is 12.2 Å². The number of nitrogens with zero attached hydrogens (tertiary/aromatic N) is 1. The molecule has 1 aromatic carbocycles. The first kappa shape index (κ1) is 32.0. The molecule has 0 bridgehead atoms. The number of nitrogens with one attached hydrogen (secondary N) is 3. The fourth-order valence-corrected chi connectivity index (χ4v) is 5.47. The Morgan fingerprint density at radius 2 is 1.90 bits per heavy atom. The number of carbonyl (C=O) groups excluding carboxylic acids is 1. The van der Waals surface area contributed by atoms with Crippen molar-refractivity contribution in [2.75, 3.05) is 26.4 Å². The highest BCUT2D eigenvalue weighted by Gasteiger charge is 2.45. The molecule has 0 saturated carbocycles. The number of aromatic nitrogens is 2. The molecule has 13 heteroatoms. The smallest absolute Gasteiger partial charge is 0.315 e. The van der Waals surface area contributed by atoms with Gasteiger partial charge in [0.05, 0.1) is 36.7 Å². The van der Waals surface area contributed by atoms with Gasteiger partial charge in [0.2, 0.25) is 5.88 Å². The van der Waals surface area contributed by atoms with Crippen molar-refractivity contribution in [3.8, 4) is 11.6 Å². The van der Waals surface area contributed by atoms with Gasteiger partial charge >= 0.3 is 6.03 Å². The fourth-order valence-electron chi connectivity index (χ4n) is 4.25. The summed E-state index contributed by atoms with van der Waals surface area (Å²) >= 11 is 1.05. The second-order valence-corrected chi connectivity index (χ2v) is 12.3. The van der Waals surface area contributed by atoms with Crippen LogP contribution in [0.15, 0.2) is 18.2 Å². The summed E-state index contributed by atoms with van der Waals surface area (Å²) < 4.78 is 11.8. The van der Waals surface area contributed by atoms with Gasteiger partial charge in [-0.2, -0.15) is 0 Å². The summed E-state index contributed by atoms with van der Waals surface area (Å²) in [7, 11) is 0. The van der Waals surface area contributed by atoms with Crippen molar-refractivity contribution in [1.82, 2.24) is 20.8 Å². The third-order valence-corrected chi connectivity index (χ3v) is 8.12.